The molecule has 1 saturated carbocycles. The van der Waals surface area contributed by atoms with E-state index in [4.69, 9.17) is 4.98 Å². The van der Waals surface area contributed by atoms with Crippen molar-refractivity contribution in [3.8, 4) is 17.5 Å². The van der Waals surface area contributed by atoms with Gasteiger partial charge >= 0.3 is 6.03 Å². The Morgan fingerprint density at radius 2 is 1.74 bits per heavy atom. The fourth-order valence-electron chi connectivity index (χ4n) is 5.67. The number of hydrogen-bond donors (Lipinski definition) is 2. The number of hydrogen-bond acceptors (Lipinski definition) is 4. The van der Waals surface area contributed by atoms with Crippen LogP contribution in [-0.2, 0) is 0 Å². The summed E-state index contributed by atoms with van der Waals surface area (Å²) in [6.45, 7) is 0. The number of urea groups is 1. The Labute approximate surface area is 229 Å². The predicted octanol–water partition coefficient (Wildman–Crippen LogP) is 6.42. The predicted molar refractivity (Wildman–Crippen MR) is 155 cm³/mol. The van der Waals surface area contributed by atoms with Gasteiger partial charge < -0.3 is 4.98 Å². The number of benzene rings is 3. The highest BCUT2D eigenvalue weighted by Gasteiger charge is 2.33. The molecule has 0 radical (unpaired) electrons. The minimum absolute atomic E-state index is 0.142. The van der Waals surface area contributed by atoms with Crippen LogP contribution in [-0.4, -0.2) is 31.7 Å². The highest BCUT2D eigenvalue weighted by Crippen LogP contribution is 2.29. The maximum Gasteiger partial charge on any atom is 0.352 e. The zero-order valence-electron chi connectivity index (χ0n) is 21.3. The van der Waals surface area contributed by atoms with Crippen LogP contribution in [0.3, 0.4) is 0 Å². The number of para-hydroxylation sites is 5. The van der Waals surface area contributed by atoms with Crippen molar-refractivity contribution < 1.29 is 9.36 Å². The number of aromatic amines is 1. The molecule has 1 aliphatic rings. The first-order valence-electron chi connectivity index (χ1n) is 13.3. The second kappa shape index (κ2) is 9.99. The minimum Gasteiger partial charge on any atom is -0.333 e. The lowest BCUT2D eigenvalue weighted by atomic mass is 9.94. The largest absolute Gasteiger partial charge is 0.352 e. The van der Waals surface area contributed by atoms with Gasteiger partial charge in [-0.1, -0.05) is 66.7 Å². The lowest BCUT2D eigenvalue weighted by molar-refractivity contribution is -0.559. The van der Waals surface area contributed by atoms with Gasteiger partial charge in [0.2, 0.25) is 5.82 Å². The normalized spacial score (nSPS) is 14.2. The first-order chi connectivity index (χ1) is 19.3. The number of amides is 2. The van der Waals surface area contributed by atoms with E-state index in [9.17, 15) is 4.79 Å². The average molecular weight is 535 g/mol. The molecule has 1 aliphatic carbocycles. The third-order valence-electron chi connectivity index (χ3n) is 7.44. The van der Waals surface area contributed by atoms with Crippen molar-refractivity contribution >= 4 is 45.1 Å². The molecule has 39 heavy (non-hydrogen) atoms. The Bertz CT molecular complexity index is 1720. The molecule has 0 saturated heterocycles. The van der Waals surface area contributed by atoms with Crippen molar-refractivity contribution in [3.63, 3.8) is 0 Å². The van der Waals surface area contributed by atoms with Gasteiger partial charge in [-0.25, -0.2) is 9.78 Å². The molecule has 1 fully saturated rings. The van der Waals surface area contributed by atoms with Crippen LogP contribution in [0.15, 0.2) is 89.8 Å². The summed E-state index contributed by atoms with van der Waals surface area (Å²) in [5, 5.41) is 2.00. The van der Waals surface area contributed by atoms with E-state index in [0.717, 1.165) is 59.3 Å². The number of nitrogens with zero attached hydrogens (tertiary/aromatic N) is 5. The van der Waals surface area contributed by atoms with Crippen molar-refractivity contribution in [1.82, 2.24) is 19.6 Å². The molecule has 0 unspecified atom stereocenters. The highest BCUT2D eigenvalue weighted by atomic mass is 32.1. The summed E-state index contributed by atoms with van der Waals surface area (Å²) in [5.41, 5.74) is 9.54. The number of carbonyl (C=O) groups is 1. The number of anilines is 1. The summed E-state index contributed by atoms with van der Waals surface area (Å²) in [6, 6.07) is 25.9. The number of nitrogens with one attached hydrogen (secondary N) is 2. The highest BCUT2D eigenvalue weighted by molar-refractivity contribution is 7.07. The van der Waals surface area contributed by atoms with Gasteiger partial charge in [0.1, 0.15) is 5.52 Å². The number of thiazole rings is 1. The zero-order valence-corrected chi connectivity index (χ0v) is 22.1. The maximum atomic E-state index is 14.2. The standard InChI is InChI=1S/C30H27N7OS/c38-30(35(21-11-3-1-4-12-21)22-13-5-2-6-14-22)34-37-26-18-10-9-17-25(26)36(27-19-39-20-31-27)29(37)28-32-23-15-7-8-16-24(23)33-28/h1,3-4,7-12,15-20,22H,2,5-6,13-14H2,(H,34,38)/p+1. The Kier molecular flexibility index (Phi) is 6.05. The Morgan fingerprint density at radius 1 is 0.974 bits per heavy atom. The first-order valence-corrected chi connectivity index (χ1v) is 14.3. The monoisotopic (exact) mass is 534 g/mol. The molecule has 9 heteroatoms. The molecule has 3 aromatic carbocycles. The second-order valence-corrected chi connectivity index (χ2v) is 10.6. The van der Waals surface area contributed by atoms with E-state index < -0.39 is 0 Å². The van der Waals surface area contributed by atoms with E-state index in [1.165, 1.54) is 17.8 Å². The zero-order chi connectivity index (χ0) is 26.2. The summed E-state index contributed by atoms with van der Waals surface area (Å²) in [7, 11) is 0. The number of fused-ring (bicyclic) bond motifs is 2. The Hall–Kier alpha value is -4.50. The smallest absolute Gasteiger partial charge is 0.333 e. The molecular weight excluding hydrogens is 506 g/mol. The van der Waals surface area contributed by atoms with Gasteiger partial charge in [-0.15, -0.1) is 16.0 Å². The van der Waals surface area contributed by atoms with Crippen LogP contribution in [0, 0.1) is 0 Å². The van der Waals surface area contributed by atoms with Gasteiger partial charge in [-0.05, 0) is 49.2 Å². The average Bonchev–Trinajstić information content (AvgIpc) is 3.72. The Morgan fingerprint density at radius 3 is 2.54 bits per heavy atom. The quantitative estimate of drug-likeness (QED) is 0.250. The molecule has 3 heterocycles. The van der Waals surface area contributed by atoms with Crippen molar-refractivity contribution in [2.45, 2.75) is 38.1 Å². The number of rotatable bonds is 5. The molecule has 2 amide bonds. The number of H-pyrrole nitrogens is 1. The maximum absolute atomic E-state index is 14.2. The number of imidazole rings is 2. The van der Waals surface area contributed by atoms with E-state index in [2.05, 4.69) is 20.0 Å². The van der Waals surface area contributed by atoms with E-state index in [-0.39, 0.29) is 12.1 Å². The second-order valence-electron chi connectivity index (χ2n) is 9.85. The first kappa shape index (κ1) is 23.6. The number of aromatic nitrogens is 5. The lowest BCUT2D eigenvalue weighted by Crippen LogP contribution is -2.47. The van der Waals surface area contributed by atoms with E-state index in [1.807, 2.05) is 99.3 Å². The van der Waals surface area contributed by atoms with Gasteiger partial charge in [0.15, 0.2) is 11.0 Å². The minimum atomic E-state index is -0.170. The summed E-state index contributed by atoms with van der Waals surface area (Å²) < 4.78 is 3.91. The van der Waals surface area contributed by atoms with E-state index in [1.54, 1.807) is 0 Å². The van der Waals surface area contributed by atoms with Gasteiger partial charge in [0.25, 0.3) is 11.6 Å². The fourth-order valence-corrected chi connectivity index (χ4v) is 6.19. The van der Waals surface area contributed by atoms with Crippen LogP contribution >= 0.6 is 11.3 Å². The third-order valence-corrected chi connectivity index (χ3v) is 8.01. The van der Waals surface area contributed by atoms with Crippen LogP contribution in [0.5, 0.6) is 0 Å². The third kappa shape index (κ3) is 4.24. The molecule has 8 nitrogen and oxygen atoms in total. The van der Waals surface area contributed by atoms with Crippen LogP contribution in [0.2, 0.25) is 0 Å². The lowest BCUT2D eigenvalue weighted by Gasteiger charge is -2.34. The van der Waals surface area contributed by atoms with Crippen molar-refractivity contribution in [2.75, 3.05) is 10.3 Å². The van der Waals surface area contributed by atoms with Crippen LogP contribution < -0.4 is 14.9 Å². The number of carbonyl (C=O) groups excluding carboxylic acids is 1. The molecule has 6 aromatic rings. The molecule has 0 aliphatic heterocycles. The van der Waals surface area contributed by atoms with Crippen LogP contribution in [0.1, 0.15) is 32.1 Å². The summed E-state index contributed by atoms with van der Waals surface area (Å²) in [5.74, 6) is 2.11. The molecule has 2 N–H and O–H groups in total. The molecule has 7 rings (SSSR count). The summed E-state index contributed by atoms with van der Waals surface area (Å²) in [4.78, 5) is 29.2. The van der Waals surface area contributed by atoms with Gasteiger partial charge in [0.05, 0.1) is 16.4 Å². The van der Waals surface area contributed by atoms with Crippen molar-refractivity contribution in [2.24, 2.45) is 0 Å². The van der Waals surface area contributed by atoms with E-state index in [0.29, 0.717) is 11.6 Å². The fraction of sp³-hybridized carbons (Fsp3) is 0.200. The molecular formula is C30H28N7OS+. The van der Waals surface area contributed by atoms with Gasteiger partial charge in [-0.3, -0.25) is 4.90 Å². The van der Waals surface area contributed by atoms with Gasteiger partial charge in [0, 0.05) is 11.7 Å². The topological polar surface area (TPSA) is 82.7 Å². The SMILES string of the molecule is O=C(Nn1c(-c2nc3ccccc3[nH]2)[n+](-c2cscn2)c2ccccc21)N(c1ccccc1)C1CCCCC1. The Balaban J connectivity index is 1.41. The summed E-state index contributed by atoms with van der Waals surface area (Å²) in [6.07, 6.45) is 5.45. The molecule has 194 valence electrons. The van der Waals surface area contributed by atoms with E-state index >= 15 is 0 Å². The van der Waals surface area contributed by atoms with Crippen molar-refractivity contribution in [3.05, 3.63) is 89.8 Å². The van der Waals surface area contributed by atoms with Crippen LogP contribution in [0.4, 0.5) is 10.5 Å². The molecule has 0 spiro atoms. The van der Waals surface area contributed by atoms with Crippen molar-refractivity contribution in [1.29, 1.82) is 0 Å². The van der Waals surface area contributed by atoms with Gasteiger partial charge in [-0.2, -0.15) is 9.99 Å². The summed E-state index contributed by atoms with van der Waals surface area (Å²) >= 11 is 1.53. The molecule has 0 bridgehead atoms. The molecule has 3 aromatic heterocycles. The molecule has 0 atom stereocenters. The van der Waals surface area contributed by atoms with Crippen LogP contribution in [0.25, 0.3) is 39.5 Å².